The van der Waals surface area contributed by atoms with Gasteiger partial charge in [-0.05, 0) is 49.4 Å². The number of amides is 1. The predicted molar refractivity (Wildman–Crippen MR) is 130 cm³/mol. The molecule has 0 aliphatic carbocycles. The molecule has 1 fully saturated rings. The van der Waals surface area contributed by atoms with Crippen molar-refractivity contribution in [2.45, 2.75) is 38.1 Å². The quantitative estimate of drug-likeness (QED) is 0.504. The molecule has 1 N–H and O–H groups in total. The first-order valence-electron chi connectivity index (χ1n) is 11.6. The number of rotatable bonds is 8. The van der Waals surface area contributed by atoms with Crippen LogP contribution in [-0.2, 0) is 4.79 Å². The van der Waals surface area contributed by atoms with Crippen LogP contribution in [0.15, 0.2) is 48.9 Å². The lowest BCUT2D eigenvalue weighted by Crippen LogP contribution is -2.39. The van der Waals surface area contributed by atoms with Crippen LogP contribution in [-0.4, -0.2) is 57.9 Å². The Labute approximate surface area is 199 Å². The SMILES string of the molecule is CN(C)c1ncc(-c2ccc(F)cc2)c([C@H]2CCCCN2C(=O)CCCNc2ncccn2)n1. The standard InChI is InChI=1S/C25H30FN7O/c1-32(2)25-30-17-20(18-9-11-19(26)12-10-18)23(31-25)21-7-3-4-16-33(21)22(34)8-5-13-27-24-28-14-6-15-29-24/h6,9-12,14-15,17,21H,3-5,7-8,13,16H2,1-2H3,(H,27,28,29)/t21-/m1/s1. The lowest BCUT2D eigenvalue weighted by atomic mass is 9.93. The minimum absolute atomic E-state index is 0.107. The molecule has 9 heteroatoms. The molecule has 34 heavy (non-hydrogen) atoms. The third kappa shape index (κ3) is 5.65. The topological polar surface area (TPSA) is 87.1 Å². The van der Waals surface area contributed by atoms with Gasteiger partial charge in [-0.1, -0.05) is 12.1 Å². The summed E-state index contributed by atoms with van der Waals surface area (Å²) in [7, 11) is 3.79. The summed E-state index contributed by atoms with van der Waals surface area (Å²) in [5, 5.41) is 3.15. The van der Waals surface area contributed by atoms with E-state index in [0.29, 0.717) is 37.8 Å². The molecule has 3 aromatic rings. The van der Waals surface area contributed by atoms with Crippen molar-refractivity contribution in [1.82, 2.24) is 24.8 Å². The van der Waals surface area contributed by atoms with Crippen molar-refractivity contribution in [3.8, 4) is 11.1 Å². The fourth-order valence-corrected chi connectivity index (χ4v) is 4.19. The summed E-state index contributed by atoms with van der Waals surface area (Å²) < 4.78 is 13.5. The maximum atomic E-state index is 13.5. The van der Waals surface area contributed by atoms with Gasteiger partial charge in [0.25, 0.3) is 0 Å². The van der Waals surface area contributed by atoms with Gasteiger partial charge in [0, 0.05) is 57.8 Å². The van der Waals surface area contributed by atoms with Gasteiger partial charge in [0.05, 0.1) is 11.7 Å². The van der Waals surface area contributed by atoms with Crippen LogP contribution < -0.4 is 10.2 Å². The van der Waals surface area contributed by atoms with E-state index >= 15 is 0 Å². The minimum atomic E-state index is -0.292. The molecule has 0 saturated carbocycles. The second-order valence-electron chi connectivity index (χ2n) is 8.57. The van der Waals surface area contributed by atoms with Crippen LogP contribution in [0.2, 0.25) is 0 Å². The molecule has 1 atom stereocenters. The van der Waals surface area contributed by atoms with Gasteiger partial charge in [-0.2, -0.15) is 0 Å². The zero-order valence-electron chi connectivity index (χ0n) is 19.6. The number of hydrogen-bond acceptors (Lipinski definition) is 7. The number of aromatic nitrogens is 4. The van der Waals surface area contributed by atoms with Crippen LogP contribution in [0.1, 0.15) is 43.8 Å². The highest BCUT2D eigenvalue weighted by atomic mass is 19.1. The first-order chi connectivity index (χ1) is 16.5. The van der Waals surface area contributed by atoms with E-state index in [-0.39, 0.29) is 17.8 Å². The number of carbonyl (C=O) groups excluding carboxylic acids is 1. The molecule has 2 aromatic heterocycles. The van der Waals surface area contributed by atoms with Crippen molar-refractivity contribution >= 4 is 17.8 Å². The van der Waals surface area contributed by atoms with E-state index in [4.69, 9.17) is 4.98 Å². The fourth-order valence-electron chi connectivity index (χ4n) is 4.19. The Hall–Kier alpha value is -3.62. The third-order valence-electron chi connectivity index (χ3n) is 5.92. The lowest BCUT2D eigenvalue weighted by molar-refractivity contribution is -0.135. The largest absolute Gasteiger partial charge is 0.354 e. The van der Waals surface area contributed by atoms with Crippen LogP contribution in [0.5, 0.6) is 0 Å². The van der Waals surface area contributed by atoms with Gasteiger partial charge in [0.2, 0.25) is 17.8 Å². The monoisotopic (exact) mass is 463 g/mol. The summed E-state index contributed by atoms with van der Waals surface area (Å²) in [6.45, 7) is 1.32. The number of nitrogens with zero attached hydrogens (tertiary/aromatic N) is 6. The average Bonchev–Trinajstić information content (AvgIpc) is 2.87. The van der Waals surface area contributed by atoms with Crippen molar-refractivity contribution in [3.63, 3.8) is 0 Å². The first-order valence-corrected chi connectivity index (χ1v) is 11.6. The molecule has 4 rings (SSSR count). The number of nitrogens with one attached hydrogen (secondary N) is 1. The number of likely N-dealkylation sites (tertiary alicyclic amines) is 1. The Kier molecular flexibility index (Phi) is 7.61. The van der Waals surface area contributed by atoms with Gasteiger partial charge in [-0.3, -0.25) is 4.79 Å². The number of hydrogen-bond donors (Lipinski definition) is 1. The van der Waals surface area contributed by atoms with Gasteiger partial charge in [0.1, 0.15) is 5.82 Å². The van der Waals surface area contributed by atoms with Gasteiger partial charge in [-0.15, -0.1) is 0 Å². The van der Waals surface area contributed by atoms with Gasteiger partial charge in [0.15, 0.2) is 0 Å². The number of anilines is 2. The molecule has 0 bridgehead atoms. The van der Waals surface area contributed by atoms with Crippen molar-refractivity contribution in [3.05, 3.63) is 60.4 Å². The number of halogens is 1. The maximum Gasteiger partial charge on any atom is 0.225 e. The molecular formula is C25H30FN7O. The molecular weight excluding hydrogens is 433 g/mol. The molecule has 1 aliphatic rings. The number of carbonyl (C=O) groups is 1. The highest BCUT2D eigenvalue weighted by Crippen LogP contribution is 2.36. The fraction of sp³-hybridized carbons (Fsp3) is 0.400. The summed E-state index contributed by atoms with van der Waals surface area (Å²) in [5.41, 5.74) is 2.49. The van der Waals surface area contributed by atoms with Gasteiger partial charge >= 0.3 is 0 Å². The molecule has 178 valence electrons. The Morgan fingerprint density at radius 1 is 1.15 bits per heavy atom. The van der Waals surface area contributed by atoms with Gasteiger partial charge in [-0.25, -0.2) is 24.3 Å². The summed E-state index contributed by atoms with van der Waals surface area (Å²) in [6.07, 6.45) is 9.07. The Bertz CT molecular complexity index is 1090. The molecule has 3 heterocycles. The highest BCUT2D eigenvalue weighted by molar-refractivity contribution is 5.77. The molecule has 1 aliphatic heterocycles. The zero-order valence-corrected chi connectivity index (χ0v) is 19.6. The van der Waals surface area contributed by atoms with E-state index in [0.717, 1.165) is 36.1 Å². The lowest BCUT2D eigenvalue weighted by Gasteiger charge is -2.36. The van der Waals surface area contributed by atoms with E-state index in [9.17, 15) is 9.18 Å². The highest BCUT2D eigenvalue weighted by Gasteiger charge is 2.31. The van der Waals surface area contributed by atoms with E-state index in [1.807, 2.05) is 23.9 Å². The van der Waals surface area contributed by atoms with Crippen LogP contribution >= 0.6 is 0 Å². The Morgan fingerprint density at radius 2 is 1.91 bits per heavy atom. The summed E-state index contributed by atoms with van der Waals surface area (Å²) in [5.74, 6) is 0.966. The Morgan fingerprint density at radius 3 is 2.65 bits per heavy atom. The average molecular weight is 464 g/mol. The van der Waals surface area contributed by atoms with Crippen LogP contribution in [0, 0.1) is 5.82 Å². The van der Waals surface area contributed by atoms with Crippen molar-refractivity contribution in [1.29, 1.82) is 0 Å². The summed E-state index contributed by atoms with van der Waals surface area (Å²) in [4.78, 5) is 34.7. The minimum Gasteiger partial charge on any atom is -0.354 e. The van der Waals surface area contributed by atoms with E-state index in [2.05, 4.69) is 20.3 Å². The maximum absolute atomic E-state index is 13.5. The second-order valence-corrected chi connectivity index (χ2v) is 8.57. The van der Waals surface area contributed by atoms with Crippen molar-refractivity contribution in [2.75, 3.05) is 37.4 Å². The molecule has 0 unspecified atom stereocenters. The van der Waals surface area contributed by atoms with E-state index in [1.54, 1.807) is 36.8 Å². The van der Waals surface area contributed by atoms with E-state index < -0.39 is 0 Å². The van der Waals surface area contributed by atoms with Crippen molar-refractivity contribution < 1.29 is 9.18 Å². The molecule has 1 amide bonds. The summed E-state index contributed by atoms with van der Waals surface area (Å²) >= 11 is 0. The molecule has 0 spiro atoms. The molecule has 8 nitrogen and oxygen atoms in total. The third-order valence-corrected chi connectivity index (χ3v) is 5.92. The summed E-state index contributed by atoms with van der Waals surface area (Å²) in [6, 6.07) is 7.96. The molecule has 1 aromatic carbocycles. The van der Waals surface area contributed by atoms with Crippen LogP contribution in [0.25, 0.3) is 11.1 Å². The Balaban J connectivity index is 1.53. The first kappa shape index (κ1) is 23.5. The van der Waals surface area contributed by atoms with Crippen LogP contribution in [0.4, 0.5) is 16.3 Å². The van der Waals surface area contributed by atoms with Gasteiger partial charge < -0.3 is 15.1 Å². The van der Waals surface area contributed by atoms with Crippen molar-refractivity contribution in [2.24, 2.45) is 0 Å². The predicted octanol–water partition coefficient (Wildman–Crippen LogP) is 4.08. The second kappa shape index (κ2) is 11.0. The number of benzene rings is 1. The van der Waals surface area contributed by atoms with E-state index in [1.165, 1.54) is 12.1 Å². The smallest absolute Gasteiger partial charge is 0.225 e. The normalized spacial score (nSPS) is 15.7. The number of piperidine rings is 1. The molecule has 0 radical (unpaired) electrons. The molecule has 1 saturated heterocycles. The van der Waals surface area contributed by atoms with Crippen LogP contribution in [0.3, 0.4) is 0 Å². The zero-order chi connectivity index (χ0) is 23.9.